The lowest BCUT2D eigenvalue weighted by Crippen LogP contribution is -2.16. The van der Waals surface area contributed by atoms with Gasteiger partial charge < -0.3 is 0 Å². The van der Waals surface area contributed by atoms with E-state index in [1.54, 1.807) is 0 Å². The maximum atomic E-state index is 2.35. The summed E-state index contributed by atoms with van der Waals surface area (Å²) in [6, 6.07) is 9.13. The van der Waals surface area contributed by atoms with Crippen LogP contribution in [0, 0.1) is 0 Å². The minimum Gasteiger partial charge on any atom is -0.0654 e. The minimum absolute atomic E-state index is 0.336. The van der Waals surface area contributed by atoms with Crippen LogP contribution in [0.1, 0.15) is 58.1 Å². The van der Waals surface area contributed by atoms with E-state index in [0.29, 0.717) is 5.41 Å². The zero-order valence-electron chi connectivity index (χ0n) is 10.6. The van der Waals surface area contributed by atoms with Crippen molar-refractivity contribution in [2.75, 3.05) is 0 Å². The maximum absolute atomic E-state index is 2.35. The highest BCUT2D eigenvalue weighted by molar-refractivity contribution is 5.28. The number of unbranched alkanes of at least 4 members (excludes halogenated alkanes) is 1. The van der Waals surface area contributed by atoms with Crippen molar-refractivity contribution >= 4 is 0 Å². The van der Waals surface area contributed by atoms with Crippen LogP contribution in [-0.2, 0) is 11.8 Å². The fraction of sp³-hybridized carbons (Fsp3) is 0.600. The molecule has 0 N–H and O–H groups in total. The van der Waals surface area contributed by atoms with Crippen LogP contribution in [0.2, 0.25) is 0 Å². The molecule has 15 heavy (non-hydrogen) atoms. The zero-order chi connectivity index (χ0) is 11.3. The molecule has 0 saturated carbocycles. The molecule has 1 rings (SSSR count). The van der Waals surface area contributed by atoms with E-state index >= 15 is 0 Å². The van der Waals surface area contributed by atoms with Crippen LogP contribution in [0.15, 0.2) is 24.3 Å². The quantitative estimate of drug-likeness (QED) is 0.651. The third-order valence-corrected chi connectivity index (χ3v) is 3.30. The van der Waals surface area contributed by atoms with Crippen LogP contribution in [-0.4, -0.2) is 0 Å². The molecule has 0 atom stereocenters. The SMILES string of the molecule is CCCCC(C)(C)c1ccc(CC)cc1. The number of hydrogen-bond donors (Lipinski definition) is 0. The van der Waals surface area contributed by atoms with Crippen molar-refractivity contribution in [2.45, 2.75) is 58.8 Å². The second kappa shape index (κ2) is 5.34. The predicted molar refractivity (Wildman–Crippen MR) is 68.4 cm³/mol. The van der Waals surface area contributed by atoms with Gasteiger partial charge in [-0.3, -0.25) is 0 Å². The van der Waals surface area contributed by atoms with Gasteiger partial charge in [-0.2, -0.15) is 0 Å². The predicted octanol–water partition coefficient (Wildman–Crippen LogP) is 4.72. The molecule has 1 aromatic rings. The molecular formula is C15H24. The largest absolute Gasteiger partial charge is 0.0654 e. The second-order valence-corrected chi connectivity index (χ2v) is 5.04. The fourth-order valence-electron chi connectivity index (χ4n) is 1.95. The van der Waals surface area contributed by atoms with Gasteiger partial charge in [-0.05, 0) is 29.4 Å². The van der Waals surface area contributed by atoms with E-state index in [1.807, 2.05) is 0 Å². The van der Waals surface area contributed by atoms with Gasteiger partial charge in [0.15, 0.2) is 0 Å². The van der Waals surface area contributed by atoms with Crippen LogP contribution in [0.5, 0.6) is 0 Å². The van der Waals surface area contributed by atoms with Gasteiger partial charge in [0, 0.05) is 0 Å². The van der Waals surface area contributed by atoms with Crippen molar-refractivity contribution in [3.8, 4) is 0 Å². The van der Waals surface area contributed by atoms with Crippen LogP contribution in [0.4, 0.5) is 0 Å². The molecule has 0 aliphatic heterocycles. The molecule has 0 aromatic heterocycles. The summed E-state index contributed by atoms with van der Waals surface area (Å²) in [7, 11) is 0. The molecule has 0 unspecified atom stereocenters. The molecule has 0 amide bonds. The Labute approximate surface area is 94.7 Å². The fourth-order valence-corrected chi connectivity index (χ4v) is 1.95. The third-order valence-electron chi connectivity index (χ3n) is 3.30. The van der Waals surface area contributed by atoms with E-state index in [1.165, 1.54) is 30.4 Å². The first-order valence-electron chi connectivity index (χ1n) is 6.19. The van der Waals surface area contributed by atoms with Gasteiger partial charge in [-0.25, -0.2) is 0 Å². The number of benzene rings is 1. The first kappa shape index (κ1) is 12.3. The Morgan fingerprint density at radius 3 is 2.07 bits per heavy atom. The lowest BCUT2D eigenvalue weighted by molar-refractivity contribution is 0.458. The summed E-state index contributed by atoms with van der Waals surface area (Å²) in [5, 5.41) is 0. The van der Waals surface area contributed by atoms with Gasteiger partial charge in [0.1, 0.15) is 0 Å². The van der Waals surface area contributed by atoms with Crippen molar-refractivity contribution < 1.29 is 0 Å². The van der Waals surface area contributed by atoms with Gasteiger partial charge in [0.2, 0.25) is 0 Å². The summed E-state index contributed by atoms with van der Waals surface area (Å²) in [5.41, 5.74) is 3.25. The maximum Gasteiger partial charge on any atom is -0.0104 e. The van der Waals surface area contributed by atoms with Crippen molar-refractivity contribution in [1.82, 2.24) is 0 Å². The lowest BCUT2D eigenvalue weighted by Gasteiger charge is -2.25. The summed E-state index contributed by atoms with van der Waals surface area (Å²) >= 11 is 0. The summed E-state index contributed by atoms with van der Waals surface area (Å²) in [6.45, 7) is 9.17. The van der Waals surface area contributed by atoms with E-state index in [2.05, 4.69) is 52.0 Å². The second-order valence-electron chi connectivity index (χ2n) is 5.04. The van der Waals surface area contributed by atoms with Crippen molar-refractivity contribution in [3.63, 3.8) is 0 Å². The Hall–Kier alpha value is -0.780. The molecule has 0 heteroatoms. The van der Waals surface area contributed by atoms with Gasteiger partial charge in [0.25, 0.3) is 0 Å². The van der Waals surface area contributed by atoms with E-state index < -0.39 is 0 Å². The highest BCUT2D eigenvalue weighted by Crippen LogP contribution is 2.29. The van der Waals surface area contributed by atoms with Gasteiger partial charge >= 0.3 is 0 Å². The summed E-state index contributed by atoms with van der Waals surface area (Å²) in [6.07, 6.45) is 5.03. The number of aryl methyl sites for hydroxylation is 1. The molecule has 0 radical (unpaired) electrons. The van der Waals surface area contributed by atoms with Crippen LogP contribution in [0.3, 0.4) is 0 Å². The van der Waals surface area contributed by atoms with Gasteiger partial charge in [-0.1, -0.05) is 64.8 Å². The first-order valence-corrected chi connectivity index (χ1v) is 6.19. The molecule has 0 fully saturated rings. The topological polar surface area (TPSA) is 0 Å². The third kappa shape index (κ3) is 3.37. The molecule has 0 bridgehead atoms. The van der Waals surface area contributed by atoms with E-state index in [9.17, 15) is 0 Å². The Morgan fingerprint density at radius 1 is 1.00 bits per heavy atom. The molecule has 0 spiro atoms. The molecule has 1 aromatic carbocycles. The highest BCUT2D eigenvalue weighted by Gasteiger charge is 2.19. The first-order chi connectivity index (χ1) is 7.10. The Kier molecular flexibility index (Phi) is 4.38. The molecular weight excluding hydrogens is 180 g/mol. The summed E-state index contributed by atoms with van der Waals surface area (Å²) in [4.78, 5) is 0. The van der Waals surface area contributed by atoms with Gasteiger partial charge in [0.05, 0.1) is 0 Å². The summed E-state index contributed by atoms with van der Waals surface area (Å²) in [5.74, 6) is 0. The Balaban J connectivity index is 2.75. The smallest absolute Gasteiger partial charge is 0.0104 e. The van der Waals surface area contributed by atoms with Gasteiger partial charge in [-0.15, -0.1) is 0 Å². The average Bonchev–Trinajstić information content (AvgIpc) is 2.26. The average molecular weight is 204 g/mol. The molecule has 0 nitrogen and oxygen atoms in total. The van der Waals surface area contributed by atoms with E-state index in [0.717, 1.165) is 6.42 Å². The van der Waals surface area contributed by atoms with Crippen LogP contribution < -0.4 is 0 Å². The molecule has 84 valence electrons. The number of rotatable bonds is 5. The molecule has 0 aliphatic rings. The zero-order valence-corrected chi connectivity index (χ0v) is 10.6. The van der Waals surface area contributed by atoms with E-state index in [4.69, 9.17) is 0 Å². The lowest BCUT2D eigenvalue weighted by atomic mass is 9.80. The highest BCUT2D eigenvalue weighted by atomic mass is 14.2. The normalized spacial score (nSPS) is 11.7. The molecule has 0 heterocycles. The van der Waals surface area contributed by atoms with Crippen molar-refractivity contribution in [1.29, 1.82) is 0 Å². The van der Waals surface area contributed by atoms with E-state index in [-0.39, 0.29) is 0 Å². The van der Waals surface area contributed by atoms with Crippen molar-refractivity contribution in [2.24, 2.45) is 0 Å². The Bertz CT molecular complexity index is 279. The molecule has 0 saturated heterocycles. The van der Waals surface area contributed by atoms with Crippen molar-refractivity contribution in [3.05, 3.63) is 35.4 Å². The number of hydrogen-bond acceptors (Lipinski definition) is 0. The summed E-state index contributed by atoms with van der Waals surface area (Å²) < 4.78 is 0. The minimum atomic E-state index is 0.336. The van der Waals surface area contributed by atoms with Crippen LogP contribution in [0.25, 0.3) is 0 Å². The Morgan fingerprint density at radius 2 is 1.60 bits per heavy atom. The standard InChI is InChI=1S/C15H24/c1-5-7-12-15(3,4)14-10-8-13(6-2)9-11-14/h8-11H,5-7,12H2,1-4H3. The monoisotopic (exact) mass is 204 g/mol. The van der Waals surface area contributed by atoms with Crippen LogP contribution >= 0.6 is 0 Å². The molecule has 0 aliphatic carbocycles.